The molecule has 0 radical (unpaired) electrons. The molecule has 1 amide bonds. The largest absolute Gasteiger partial charge is 0.354 e. The van der Waals surface area contributed by atoms with Gasteiger partial charge in [0.2, 0.25) is 5.91 Å². The van der Waals surface area contributed by atoms with E-state index in [2.05, 4.69) is 44.8 Å². The summed E-state index contributed by atoms with van der Waals surface area (Å²) in [4.78, 5) is 14.8. The van der Waals surface area contributed by atoms with Crippen LogP contribution in [0.25, 0.3) is 0 Å². The maximum atomic E-state index is 12.5. The highest BCUT2D eigenvalue weighted by molar-refractivity contribution is 7.91. The van der Waals surface area contributed by atoms with Crippen LogP contribution >= 0.6 is 0 Å². The third kappa shape index (κ3) is 6.04. The van der Waals surface area contributed by atoms with Gasteiger partial charge in [-0.3, -0.25) is 9.69 Å². The number of hydrogen-bond donors (Lipinski definition) is 1. The Bertz CT molecular complexity index is 741. The Kier molecular flexibility index (Phi) is 6.74. The van der Waals surface area contributed by atoms with E-state index in [1.54, 1.807) is 12.1 Å². The van der Waals surface area contributed by atoms with E-state index in [0.29, 0.717) is 6.54 Å². The van der Waals surface area contributed by atoms with Crippen molar-refractivity contribution < 1.29 is 13.2 Å². The zero-order valence-electron chi connectivity index (χ0n) is 17.3. The number of sulfone groups is 1. The second-order valence-electron chi connectivity index (χ2n) is 9.13. The van der Waals surface area contributed by atoms with Crippen molar-refractivity contribution in [1.29, 1.82) is 0 Å². The van der Waals surface area contributed by atoms with E-state index in [1.165, 1.54) is 12.8 Å². The summed E-state index contributed by atoms with van der Waals surface area (Å²) < 4.78 is 25.0. The van der Waals surface area contributed by atoms with E-state index >= 15 is 0 Å². The molecule has 0 spiro atoms. The summed E-state index contributed by atoms with van der Waals surface area (Å²) in [5, 5.41) is 2.91. The zero-order chi connectivity index (χ0) is 20.3. The molecule has 1 fully saturated rings. The lowest BCUT2D eigenvalue weighted by Gasteiger charge is -2.35. The zero-order valence-corrected chi connectivity index (χ0v) is 18.2. The molecule has 0 saturated carbocycles. The van der Waals surface area contributed by atoms with Gasteiger partial charge in [0, 0.05) is 18.5 Å². The fourth-order valence-electron chi connectivity index (χ4n) is 3.34. The standard InChI is InChI=1S/C21H34N2O3S/c1-20(2,3)17-8-10-18(11-9-17)27(25,26)15-12-19(24)22-16-21(4,5)23-13-6-7-14-23/h8-11H,6-7,12-16H2,1-5H3,(H,22,24). The van der Waals surface area contributed by atoms with Crippen LogP contribution in [-0.4, -0.2) is 50.2 Å². The van der Waals surface area contributed by atoms with Crippen LogP contribution in [0.4, 0.5) is 0 Å². The first-order chi connectivity index (χ1) is 12.4. The summed E-state index contributed by atoms with van der Waals surface area (Å²) in [7, 11) is -3.46. The molecule has 1 aliphatic heterocycles. The first-order valence-electron chi connectivity index (χ1n) is 9.77. The Labute approximate surface area is 164 Å². The van der Waals surface area contributed by atoms with Gasteiger partial charge in [-0.1, -0.05) is 32.9 Å². The molecule has 5 nitrogen and oxygen atoms in total. The maximum Gasteiger partial charge on any atom is 0.221 e. The normalized spacial score (nSPS) is 16.5. The summed E-state index contributed by atoms with van der Waals surface area (Å²) in [6.07, 6.45) is 2.38. The molecule has 1 saturated heterocycles. The van der Waals surface area contributed by atoms with Crippen molar-refractivity contribution in [3.63, 3.8) is 0 Å². The van der Waals surface area contributed by atoms with Crippen LogP contribution in [0.15, 0.2) is 29.2 Å². The summed E-state index contributed by atoms with van der Waals surface area (Å²) in [5.74, 6) is -0.380. The Morgan fingerprint density at radius 2 is 1.59 bits per heavy atom. The van der Waals surface area contributed by atoms with Crippen molar-refractivity contribution in [2.24, 2.45) is 0 Å². The number of hydrogen-bond acceptors (Lipinski definition) is 4. The van der Waals surface area contributed by atoms with E-state index in [4.69, 9.17) is 0 Å². The van der Waals surface area contributed by atoms with Crippen molar-refractivity contribution in [2.75, 3.05) is 25.4 Å². The number of nitrogens with one attached hydrogen (secondary N) is 1. The Morgan fingerprint density at radius 1 is 1.04 bits per heavy atom. The second kappa shape index (κ2) is 8.31. The fourth-order valence-corrected chi connectivity index (χ4v) is 4.59. The van der Waals surface area contributed by atoms with E-state index in [-0.39, 0.29) is 33.9 Å². The lowest BCUT2D eigenvalue weighted by molar-refractivity contribution is -0.121. The van der Waals surface area contributed by atoms with Crippen LogP contribution in [0.1, 0.15) is 59.4 Å². The monoisotopic (exact) mass is 394 g/mol. The highest BCUT2D eigenvalue weighted by Crippen LogP contribution is 2.24. The van der Waals surface area contributed by atoms with Gasteiger partial charge in [-0.05, 0) is 62.9 Å². The van der Waals surface area contributed by atoms with Crippen LogP contribution in [0, 0.1) is 0 Å². The molecule has 1 aromatic rings. The summed E-state index contributed by atoms with van der Waals surface area (Å²) in [6.45, 7) is 13.1. The summed E-state index contributed by atoms with van der Waals surface area (Å²) in [6, 6.07) is 6.99. The average molecular weight is 395 g/mol. The van der Waals surface area contributed by atoms with E-state index in [0.717, 1.165) is 18.7 Å². The van der Waals surface area contributed by atoms with Gasteiger partial charge >= 0.3 is 0 Å². The minimum Gasteiger partial charge on any atom is -0.354 e. The third-order valence-electron chi connectivity index (χ3n) is 5.36. The van der Waals surface area contributed by atoms with Crippen molar-refractivity contribution in [3.05, 3.63) is 29.8 Å². The van der Waals surface area contributed by atoms with Gasteiger partial charge in [0.1, 0.15) is 0 Å². The molecule has 0 atom stereocenters. The van der Waals surface area contributed by atoms with Crippen molar-refractivity contribution in [2.45, 2.75) is 69.7 Å². The Morgan fingerprint density at radius 3 is 2.11 bits per heavy atom. The molecule has 1 N–H and O–H groups in total. The van der Waals surface area contributed by atoms with Gasteiger partial charge in [0.15, 0.2) is 9.84 Å². The third-order valence-corrected chi connectivity index (χ3v) is 7.09. The molecule has 6 heteroatoms. The van der Waals surface area contributed by atoms with Crippen LogP contribution in [0.5, 0.6) is 0 Å². The molecule has 2 rings (SSSR count). The van der Waals surface area contributed by atoms with E-state index in [9.17, 15) is 13.2 Å². The smallest absolute Gasteiger partial charge is 0.221 e. The quantitative estimate of drug-likeness (QED) is 0.771. The van der Waals surface area contributed by atoms with Gasteiger partial charge in [-0.2, -0.15) is 0 Å². The van der Waals surface area contributed by atoms with Gasteiger partial charge in [0.25, 0.3) is 0 Å². The molecule has 0 bridgehead atoms. The predicted octanol–water partition coefficient (Wildman–Crippen LogP) is 3.14. The highest BCUT2D eigenvalue weighted by Gasteiger charge is 2.29. The van der Waals surface area contributed by atoms with Gasteiger partial charge in [-0.15, -0.1) is 0 Å². The molecule has 0 unspecified atom stereocenters. The Balaban J connectivity index is 1.88. The van der Waals surface area contributed by atoms with Crippen LogP contribution in [-0.2, 0) is 20.0 Å². The predicted molar refractivity (Wildman–Crippen MR) is 110 cm³/mol. The molecule has 0 aromatic heterocycles. The van der Waals surface area contributed by atoms with Gasteiger partial charge in [0.05, 0.1) is 10.6 Å². The molecule has 0 aliphatic carbocycles. The number of likely N-dealkylation sites (tertiary alicyclic amines) is 1. The minimum atomic E-state index is -3.46. The molecule has 1 aromatic carbocycles. The molecular weight excluding hydrogens is 360 g/mol. The number of nitrogens with zero attached hydrogens (tertiary/aromatic N) is 1. The molecule has 27 heavy (non-hydrogen) atoms. The average Bonchev–Trinajstić information content (AvgIpc) is 3.13. The minimum absolute atomic E-state index is 0.0144. The number of carbonyl (C=O) groups excluding carboxylic acids is 1. The number of benzene rings is 1. The molecule has 1 aliphatic rings. The second-order valence-corrected chi connectivity index (χ2v) is 11.2. The molecule has 1 heterocycles. The van der Waals surface area contributed by atoms with Crippen molar-refractivity contribution >= 4 is 15.7 Å². The number of rotatable bonds is 7. The Hall–Kier alpha value is -1.40. The lowest BCUT2D eigenvalue weighted by atomic mass is 9.87. The summed E-state index contributed by atoms with van der Waals surface area (Å²) in [5.41, 5.74) is 0.960. The van der Waals surface area contributed by atoms with Crippen LogP contribution < -0.4 is 5.32 Å². The molecular formula is C21H34N2O3S. The van der Waals surface area contributed by atoms with Crippen molar-refractivity contribution in [3.8, 4) is 0 Å². The summed E-state index contributed by atoms with van der Waals surface area (Å²) >= 11 is 0. The van der Waals surface area contributed by atoms with E-state index < -0.39 is 9.84 Å². The first kappa shape index (κ1) is 21.9. The van der Waals surface area contributed by atoms with Gasteiger partial charge < -0.3 is 5.32 Å². The topological polar surface area (TPSA) is 66.5 Å². The fraction of sp³-hybridized carbons (Fsp3) is 0.667. The van der Waals surface area contributed by atoms with Gasteiger partial charge in [-0.25, -0.2) is 8.42 Å². The van der Waals surface area contributed by atoms with E-state index in [1.807, 2.05) is 12.1 Å². The number of carbonyl (C=O) groups is 1. The highest BCUT2D eigenvalue weighted by atomic mass is 32.2. The molecule has 152 valence electrons. The lowest BCUT2D eigenvalue weighted by Crippen LogP contribution is -2.50. The number of amides is 1. The SMILES string of the molecule is CC(C)(C)c1ccc(S(=O)(=O)CCC(=O)NCC(C)(C)N2CCCC2)cc1. The first-order valence-corrected chi connectivity index (χ1v) is 11.4. The van der Waals surface area contributed by atoms with Crippen LogP contribution in [0.3, 0.4) is 0 Å². The van der Waals surface area contributed by atoms with Crippen LogP contribution in [0.2, 0.25) is 0 Å². The van der Waals surface area contributed by atoms with Crippen molar-refractivity contribution in [1.82, 2.24) is 10.2 Å². The maximum absolute atomic E-state index is 12.5.